The van der Waals surface area contributed by atoms with Crippen LogP contribution >= 0.6 is 0 Å². The molecule has 3 heterocycles. The molecule has 0 amide bonds. The van der Waals surface area contributed by atoms with Crippen LogP contribution in [0, 0.1) is 0 Å². The fourth-order valence-corrected chi connectivity index (χ4v) is 3.91. The maximum absolute atomic E-state index is 5.59. The Balaban J connectivity index is 1.52. The molecule has 6 nitrogen and oxygen atoms in total. The van der Waals surface area contributed by atoms with Gasteiger partial charge in [-0.15, -0.1) is 0 Å². The van der Waals surface area contributed by atoms with Gasteiger partial charge in [0.2, 0.25) is 0 Å². The van der Waals surface area contributed by atoms with Gasteiger partial charge in [0.15, 0.2) is 0 Å². The van der Waals surface area contributed by atoms with Crippen molar-refractivity contribution in [2.45, 2.75) is 13.1 Å². The predicted octanol–water partition coefficient (Wildman–Crippen LogP) is 3.22. The largest absolute Gasteiger partial charge is 0.495 e. The first-order valence-corrected chi connectivity index (χ1v) is 10.5. The molecule has 6 heteroatoms. The molecule has 158 valence electrons. The van der Waals surface area contributed by atoms with E-state index in [0.29, 0.717) is 0 Å². The number of ether oxygens (including phenoxy) is 2. The van der Waals surface area contributed by atoms with Crippen LogP contribution in [0.4, 0.5) is 0 Å². The molecule has 0 saturated carbocycles. The van der Waals surface area contributed by atoms with Crippen LogP contribution in [0.25, 0.3) is 5.69 Å². The van der Waals surface area contributed by atoms with E-state index in [1.54, 1.807) is 7.11 Å². The highest BCUT2D eigenvalue weighted by atomic mass is 16.5. The van der Waals surface area contributed by atoms with Crippen molar-refractivity contribution in [2.75, 3.05) is 46.5 Å². The Kier molecular flexibility index (Phi) is 7.13. The quantitative estimate of drug-likeness (QED) is 0.546. The molecule has 4 rings (SSSR count). The third-order valence-corrected chi connectivity index (χ3v) is 5.53. The van der Waals surface area contributed by atoms with Crippen LogP contribution in [0.15, 0.2) is 67.1 Å². The molecular formula is C24H30N4O2. The molecule has 1 aromatic carbocycles. The zero-order chi connectivity index (χ0) is 20.6. The van der Waals surface area contributed by atoms with Crippen LogP contribution < -0.4 is 4.74 Å². The summed E-state index contributed by atoms with van der Waals surface area (Å²) in [4.78, 5) is 9.28. The molecule has 1 aliphatic heterocycles. The Hall–Kier alpha value is -2.67. The fourth-order valence-electron chi connectivity index (χ4n) is 3.91. The van der Waals surface area contributed by atoms with E-state index in [1.807, 2.05) is 36.7 Å². The third-order valence-electron chi connectivity index (χ3n) is 5.53. The summed E-state index contributed by atoms with van der Waals surface area (Å²) in [6.45, 7) is 7.44. The third kappa shape index (κ3) is 5.27. The SMILES string of the molecule is COc1ccccc1-n1cccc1CN(CCN1CCOCC1)Cc1cccnc1. The zero-order valence-corrected chi connectivity index (χ0v) is 17.6. The molecule has 3 aromatic rings. The van der Waals surface area contributed by atoms with E-state index in [1.165, 1.54) is 11.3 Å². The predicted molar refractivity (Wildman–Crippen MR) is 118 cm³/mol. The van der Waals surface area contributed by atoms with E-state index >= 15 is 0 Å². The average Bonchev–Trinajstić information content (AvgIpc) is 3.26. The molecule has 0 spiro atoms. The number of hydrogen-bond donors (Lipinski definition) is 0. The molecule has 0 unspecified atom stereocenters. The number of morpholine rings is 1. The Morgan fingerprint density at radius 2 is 1.90 bits per heavy atom. The van der Waals surface area contributed by atoms with Gasteiger partial charge in [0, 0.05) is 63.6 Å². The lowest BCUT2D eigenvalue weighted by molar-refractivity contribution is 0.0324. The maximum Gasteiger partial charge on any atom is 0.142 e. The number of benzene rings is 1. The first kappa shape index (κ1) is 20.6. The van der Waals surface area contributed by atoms with Crippen molar-refractivity contribution in [3.63, 3.8) is 0 Å². The van der Waals surface area contributed by atoms with Gasteiger partial charge in [0.1, 0.15) is 5.75 Å². The van der Waals surface area contributed by atoms with Gasteiger partial charge in [-0.3, -0.25) is 14.8 Å². The second-order valence-electron chi connectivity index (χ2n) is 7.57. The molecule has 0 radical (unpaired) electrons. The summed E-state index contributed by atoms with van der Waals surface area (Å²) in [7, 11) is 1.72. The zero-order valence-electron chi connectivity index (χ0n) is 17.6. The normalized spacial score (nSPS) is 14.9. The van der Waals surface area contributed by atoms with Gasteiger partial charge in [0.25, 0.3) is 0 Å². The molecule has 30 heavy (non-hydrogen) atoms. The fraction of sp³-hybridized carbons (Fsp3) is 0.375. The van der Waals surface area contributed by atoms with Crippen molar-refractivity contribution >= 4 is 0 Å². The smallest absolute Gasteiger partial charge is 0.142 e. The minimum Gasteiger partial charge on any atom is -0.495 e. The Labute approximate surface area is 178 Å². The van der Waals surface area contributed by atoms with Crippen molar-refractivity contribution in [2.24, 2.45) is 0 Å². The van der Waals surface area contributed by atoms with Gasteiger partial charge in [-0.05, 0) is 35.9 Å². The number of methoxy groups -OCH3 is 1. The Bertz CT molecular complexity index is 906. The molecule has 0 atom stereocenters. The van der Waals surface area contributed by atoms with E-state index in [9.17, 15) is 0 Å². The van der Waals surface area contributed by atoms with Crippen molar-refractivity contribution in [1.82, 2.24) is 19.4 Å². The van der Waals surface area contributed by atoms with E-state index in [0.717, 1.165) is 63.9 Å². The van der Waals surface area contributed by atoms with E-state index < -0.39 is 0 Å². The average molecular weight is 407 g/mol. The van der Waals surface area contributed by atoms with E-state index in [-0.39, 0.29) is 0 Å². The Morgan fingerprint density at radius 1 is 1.03 bits per heavy atom. The van der Waals surface area contributed by atoms with Crippen molar-refractivity contribution in [1.29, 1.82) is 0 Å². The summed E-state index contributed by atoms with van der Waals surface area (Å²) in [5, 5.41) is 0. The van der Waals surface area contributed by atoms with Crippen LogP contribution in [-0.4, -0.2) is 65.9 Å². The van der Waals surface area contributed by atoms with Crippen molar-refractivity contribution in [3.05, 3.63) is 78.4 Å². The summed E-state index contributed by atoms with van der Waals surface area (Å²) < 4.78 is 13.3. The van der Waals surface area contributed by atoms with Gasteiger partial charge >= 0.3 is 0 Å². The highest BCUT2D eigenvalue weighted by molar-refractivity contribution is 5.48. The number of hydrogen-bond acceptors (Lipinski definition) is 5. The van der Waals surface area contributed by atoms with Gasteiger partial charge in [0.05, 0.1) is 26.0 Å². The summed E-state index contributed by atoms with van der Waals surface area (Å²) in [5.74, 6) is 0.877. The van der Waals surface area contributed by atoms with Crippen molar-refractivity contribution < 1.29 is 9.47 Å². The maximum atomic E-state index is 5.59. The number of rotatable bonds is 9. The van der Waals surface area contributed by atoms with E-state index in [4.69, 9.17) is 9.47 Å². The van der Waals surface area contributed by atoms with Gasteiger partial charge in [-0.1, -0.05) is 18.2 Å². The molecule has 1 saturated heterocycles. The second-order valence-corrected chi connectivity index (χ2v) is 7.57. The molecule has 1 aliphatic rings. The summed E-state index contributed by atoms with van der Waals surface area (Å²) in [6, 6.07) is 16.6. The molecule has 0 aliphatic carbocycles. The topological polar surface area (TPSA) is 42.8 Å². The minimum atomic E-state index is 0.833. The lowest BCUT2D eigenvalue weighted by Gasteiger charge is -2.30. The van der Waals surface area contributed by atoms with Gasteiger partial charge in [-0.25, -0.2) is 0 Å². The van der Waals surface area contributed by atoms with Crippen LogP contribution in [0.5, 0.6) is 5.75 Å². The number of aromatic nitrogens is 2. The van der Waals surface area contributed by atoms with E-state index in [2.05, 4.69) is 49.8 Å². The lowest BCUT2D eigenvalue weighted by atomic mass is 10.2. The van der Waals surface area contributed by atoms with Crippen LogP contribution in [0.3, 0.4) is 0 Å². The highest BCUT2D eigenvalue weighted by Gasteiger charge is 2.16. The molecule has 2 aromatic heterocycles. The number of para-hydroxylation sites is 2. The molecule has 0 N–H and O–H groups in total. The molecule has 0 bridgehead atoms. The number of pyridine rings is 1. The summed E-state index contributed by atoms with van der Waals surface area (Å²) in [6.07, 6.45) is 5.90. The van der Waals surface area contributed by atoms with Gasteiger partial charge in [-0.2, -0.15) is 0 Å². The second kappa shape index (κ2) is 10.4. The lowest BCUT2D eigenvalue weighted by Crippen LogP contribution is -2.41. The monoisotopic (exact) mass is 406 g/mol. The van der Waals surface area contributed by atoms with Crippen LogP contribution in [-0.2, 0) is 17.8 Å². The van der Waals surface area contributed by atoms with Crippen LogP contribution in [0.1, 0.15) is 11.3 Å². The first-order valence-electron chi connectivity index (χ1n) is 10.5. The number of nitrogens with zero attached hydrogens (tertiary/aromatic N) is 4. The highest BCUT2D eigenvalue weighted by Crippen LogP contribution is 2.25. The standard InChI is InChI=1S/C24H30N4O2/c1-29-24-9-3-2-8-23(24)28-11-5-7-22(28)20-27(19-21-6-4-10-25-18-21)13-12-26-14-16-30-17-15-26/h2-11,18H,12-17,19-20H2,1H3. The summed E-state index contributed by atoms with van der Waals surface area (Å²) >= 11 is 0. The molecular weight excluding hydrogens is 376 g/mol. The Morgan fingerprint density at radius 3 is 2.70 bits per heavy atom. The minimum absolute atomic E-state index is 0.833. The first-order chi connectivity index (χ1) is 14.8. The van der Waals surface area contributed by atoms with Crippen molar-refractivity contribution in [3.8, 4) is 11.4 Å². The summed E-state index contributed by atoms with van der Waals surface area (Å²) in [5.41, 5.74) is 3.54. The van der Waals surface area contributed by atoms with Gasteiger partial charge < -0.3 is 14.0 Å². The van der Waals surface area contributed by atoms with Crippen LogP contribution in [0.2, 0.25) is 0 Å². The molecule has 1 fully saturated rings.